The molecule has 0 aromatic carbocycles. The van der Waals surface area contributed by atoms with Crippen LogP contribution in [0.15, 0.2) is 23.2 Å². The molecule has 0 radical (unpaired) electrons. The molecule has 2 nitrogen and oxygen atoms in total. The number of hydrogen-bond acceptors (Lipinski definition) is 3. The highest BCUT2D eigenvalue weighted by molar-refractivity contribution is 7.99. The van der Waals surface area contributed by atoms with Gasteiger partial charge < -0.3 is 5.11 Å². The highest BCUT2D eigenvalue weighted by Gasteiger charge is 2.07. The van der Waals surface area contributed by atoms with E-state index in [1.165, 1.54) is 0 Å². The van der Waals surface area contributed by atoms with Crippen LogP contribution in [0, 0.1) is 0 Å². The largest absolute Gasteiger partial charge is 0.387 e. The fourth-order valence-corrected chi connectivity index (χ4v) is 1.85. The summed E-state index contributed by atoms with van der Waals surface area (Å²) < 4.78 is 0. The molecule has 0 saturated carbocycles. The Hall–Kier alpha value is -0.540. The number of aliphatic hydroxyl groups is 1. The highest BCUT2D eigenvalue weighted by atomic mass is 32.2. The summed E-state index contributed by atoms with van der Waals surface area (Å²) in [6, 6.07) is 3.88. The Morgan fingerprint density at radius 1 is 1.67 bits per heavy atom. The third-order valence-corrected chi connectivity index (χ3v) is 2.44. The van der Waals surface area contributed by atoms with Crippen LogP contribution in [-0.2, 0) is 0 Å². The molecule has 0 aliphatic carbocycles. The summed E-state index contributed by atoms with van der Waals surface area (Å²) in [5.41, 5.74) is 0.782. The van der Waals surface area contributed by atoms with Crippen molar-refractivity contribution in [2.75, 3.05) is 5.75 Å². The fraction of sp³-hybridized carbons (Fsp3) is 0.444. The normalized spacial score (nSPS) is 12.9. The Morgan fingerprint density at radius 2 is 2.42 bits per heavy atom. The van der Waals surface area contributed by atoms with Gasteiger partial charge in [-0.3, -0.25) is 4.98 Å². The molecule has 1 rings (SSSR count). The maximum Gasteiger partial charge on any atom is 0.0943 e. The van der Waals surface area contributed by atoms with E-state index >= 15 is 0 Å². The molecule has 1 atom stereocenters. The standard InChI is InChI=1S/C9H13NOS/c1-3-12-8-5-4-6-10-9(8)7(2)11/h4-7,11H,3H2,1-2H3. The summed E-state index contributed by atoms with van der Waals surface area (Å²) >= 11 is 1.71. The smallest absolute Gasteiger partial charge is 0.0943 e. The number of aromatic nitrogens is 1. The minimum Gasteiger partial charge on any atom is -0.387 e. The lowest BCUT2D eigenvalue weighted by Crippen LogP contribution is -1.97. The monoisotopic (exact) mass is 183 g/mol. The Labute approximate surface area is 77.0 Å². The molecule has 66 valence electrons. The molecule has 0 fully saturated rings. The van der Waals surface area contributed by atoms with Gasteiger partial charge in [0.05, 0.1) is 11.8 Å². The maximum absolute atomic E-state index is 9.36. The Kier molecular flexibility index (Phi) is 3.56. The van der Waals surface area contributed by atoms with E-state index < -0.39 is 6.10 Å². The van der Waals surface area contributed by atoms with Gasteiger partial charge in [-0.1, -0.05) is 6.92 Å². The van der Waals surface area contributed by atoms with Gasteiger partial charge in [-0.25, -0.2) is 0 Å². The molecule has 12 heavy (non-hydrogen) atoms. The number of rotatable bonds is 3. The first-order chi connectivity index (χ1) is 5.75. The van der Waals surface area contributed by atoms with Crippen LogP contribution in [0.4, 0.5) is 0 Å². The van der Waals surface area contributed by atoms with Crippen molar-refractivity contribution in [1.82, 2.24) is 4.98 Å². The minimum absolute atomic E-state index is 0.472. The second kappa shape index (κ2) is 4.48. The van der Waals surface area contributed by atoms with Crippen LogP contribution in [0.5, 0.6) is 0 Å². The van der Waals surface area contributed by atoms with Gasteiger partial charge in [0.1, 0.15) is 0 Å². The molecule has 1 N–H and O–H groups in total. The van der Waals surface area contributed by atoms with E-state index in [0.29, 0.717) is 0 Å². The summed E-state index contributed by atoms with van der Waals surface area (Å²) in [5, 5.41) is 9.36. The molecule has 1 aromatic heterocycles. The molecular formula is C9H13NOS. The SMILES string of the molecule is CCSc1cccnc1C(C)O. The van der Waals surface area contributed by atoms with E-state index in [-0.39, 0.29) is 0 Å². The zero-order valence-electron chi connectivity index (χ0n) is 7.32. The van der Waals surface area contributed by atoms with E-state index in [4.69, 9.17) is 0 Å². The molecule has 1 aromatic rings. The van der Waals surface area contributed by atoms with Crippen molar-refractivity contribution in [2.45, 2.75) is 24.8 Å². The summed E-state index contributed by atoms with van der Waals surface area (Å²) in [5.74, 6) is 1.01. The Balaban J connectivity index is 2.92. The van der Waals surface area contributed by atoms with Gasteiger partial charge >= 0.3 is 0 Å². The number of hydrogen-bond donors (Lipinski definition) is 1. The summed E-state index contributed by atoms with van der Waals surface area (Å²) in [6.07, 6.45) is 1.24. The van der Waals surface area contributed by atoms with Crippen LogP contribution < -0.4 is 0 Å². The van der Waals surface area contributed by atoms with Crippen LogP contribution in [0.2, 0.25) is 0 Å². The summed E-state index contributed by atoms with van der Waals surface area (Å²) in [6.45, 7) is 3.82. The van der Waals surface area contributed by atoms with Crippen LogP contribution in [0.25, 0.3) is 0 Å². The lowest BCUT2D eigenvalue weighted by atomic mass is 10.2. The average Bonchev–Trinajstić information content (AvgIpc) is 2.05. The van der Waals surface area contributed by atoms with Crippen molar-refractivity contribution in [3.63, 3.8) is 0 Å². The van der Waals surface area contributed by atoms with Gasteiger partial charge in [-0.15, -0.1) is 11.8 Å². The molecule has 3 heteroatoms. The van der Waals surface area contributed by atoms with Crippen molar-refractivity contribution < 1.29 is 5.11 Å². The summed E-state index contributed by atoms with van der Waals surface area (Å²) in [4.78, 5) is 5.20. The summed E-state index contributed by atoms with van der Waals surface area (Å²) in [7, 11) is 0. The molecule has 0 aliphatic rings. The fourth-order valence-electron chi connectivity index (χ4n) is 0.994. The molecule has 0 bridgehead atoms. The molecule has 1 heterocycles. The Morgan fingerprint density at radius 3 is 3.00 bits per heavy atom. The lowest BCUT2D eigenvalue weighted by Gasteiger charge is -2.08. The number of aliphatic hydroxyl groups excluding tert-OH is 1. The maximum atomic E-state index is 9.36. The van der Waals surface area contributed by atoms with Crippen LogP contribution in [0.1, 0.15) is 25.6 Å². The first-order valence-electron chi connectivity index (χ1n) is 4.01. The first kappa shape index (κ1) is 9.55. The van der Waals surface area contributed by atoms with E-state index in [2.05, 4.69) is 11.9 Å². The van der Waals surface area contributed by atoms with Gasteiger partial charge in [-0.2, -0.15) is 0 Å². The third kappa shape index (κ3) is 2.22. The van der Waals surface area contributed by atoms with Gasteiger partial charge in [-0.05, 0) is 24.8 Å². The number of nitrogens with zero attached hydrogens (tertiary/aromatic N) is 1. The van der Waals surface area contributed by atoms with Crippen molar-refractivity contribution in [1.29, 1.82) is 0 Å². The number of thioether (sulfide) groups is 1. The van der Waals surface area contributed by atoms with Crippen molar-refractivity contribution in [3.8, 4) is 0 Å². The van der Waals surface area contributed by atoms with Gasteiger partial charge in [0, 0.05) is 11.1 Å². The zero-order chi connectivity index (χ0) is 8.97. The molecular weight excluding hydrogens is 170 g/mol. The van der Waals surface area contributed by atoms with E-state index in [1.54, 1.807) is 24.9 Å². The second-order valence-electron chi connectivity index (χ2n) is 2.50. The molecule has 0 aliphatic heterocycles. The molecule has 0 saturated heterocycles. The van der Waals surface area contributed by atoms with Crippen LogP contribution in [-0.4, -0.2) is 15.8 Å². The zero-order valence-corrected chi connectivity index (χ0v) is 8.14. The van der Waals surface area contributed by atoms with Crippen molar-refractivity contribution in [2.24, 2.45) is 0 Å². The van der Waals surface area contributed by atoms with Gasteiger partial charge in [0.25, 0.3) is 0 Å². The van der Waals surface area contributed by atoms with Gasteiger partial charge in [0.2, 0.25) is 0 Å². The van der Waals surface area contributed by atoms with Crippen molar-refractivity contribution in [3.05, 3.63) is 24.0 Å². The van der Waals surface area contributed by atoms with Gasteiger partial charge in [0.15, 0.2) is 0 Å². The molecule has 1 unspecified atom stereocenters. The first-order valence-corrected chi connectivity index (χ1v) is 5.00. The third-order valence-electron chi connectivity index (χ3n) is 1.50. The predicted molar refractivity (Wildman–Crippen MR) is 51.3 cm³/mol. The topological polar surface area (TPSA) is 33.1 Å². The lowest BCUT2D eigenvalue weighted by molar-refractivity contribution is 0.191. The predicted octanol–water partition coefficient (Wildman–Crippen LogP) is 2.25. The van der Waals surface area contributed by atoms with E-state index in [0.717, 1.165) is 16.3 Å². The van der Waals surface area contributed by atoms with Crippen LogP contribution >= 0.6 is 11.8 Å². The minimum atomic E-state index is -0.472. The van der Waals surface area contributed by atoms with E-state index in [9.17, 15) is 5.11 Å². The quantitative estimate of drug-likeness (QED) is 0.730. The highest BCUT2D eigenvalue weighted by Crippen LogP contribution is 2.24. The number of pyridine rings is 1. The van der Waals surface area contributed by atoms with Crippen LogP contribution in [0.3, 0.4) is 0 Å². The second-order valence-corrected chi connectivity index (χ2v) is 3.80. The Bertz CT molecular complexity index is 250. The molecule has 0 amide bonds. The average molecular weight is 183 g/mol. The molecule has 0 spiro atoms. The van der Waals surface area contributed by atoms with E-state index in [1.807, 2.05) is 12.1 Å². The van der Waals surface area contributed by atoms with Crippen molar-refractivity contribution >= 4 is 11.8 Å².